The normalized spacial score (nSPS) is 10.6. The number of nitrogens with one attached hydrogen (secondary N) is 1. The predicted octanol–water partition coefficient (Wildman–Crippen LogP) is 3.63. The van der Waals surface area contributed by atoms with Gasteiger partial charge in [0.05, 0.1) is 0 Å². The maximum atomic E-state index is 3.46. The van der Waals surface area contributed by atoms with E-state index in [0.29, 0.717) is 0 Å². The largest absolute Gasteiger partial charge is 0.211 e. The van der Waals surface area contributed by atoms with Crippen molar-refractivity contribution >= 4 is 10.9 Å². The molecule has 0 fully saturated rings. The Morgan fingerprint density at radius 1 is 0.765 bits per heavy atom. The lowest BCUT2D eigenvalue weighted by atomic mass is 10.1. The summed E-state index contributed by atoms with van der Waals surface area (Å²) < 4.78 is 0. The minimum atomic E-state index is 1.16. The molecule has 1 nitrogen and oxygen atoms in total. The van der Waals surface area contributed by atoms with Gasteiger partial charge in [-0.2, -0.15) is 0 Å². The quantitative estimate of drug-likeness (QED) is 0.594. The number of aryl methyl sites for hydroxylation is 1. The topological polar surface area (TPSA) is 14.1 Å². The standard InChI is InChI=1S/C16H13N/c1-12-6-8-14(9-7-12)16-11-10-13-4-2-3-5-15(13)17-16/h2-11H,1H3/p+1. The maximum absolute atomic E-state index is 3.46. The molecule has 0 saturated carbocycles. The summed E-state index contributed by atoms with van der Waals surface area (Å²) in [5.74, 6) is 0. The van der Waals surface area contributed by atoms with Crippen molar-refractivity contribution in [1.82, 2.24) is 0 Å². The van der Waals surface area contributed by atoms with Crippen LogP contribution < -0.4 is 4.98 Å². The molecule has 2 aromatic carbocycles. The Balaban J connectivity index is 2.14. The zero-order valence-electron chi connectivity index (χ0n) is 9.77. The number of hydrogen-bond donors (Lipinski definition) is 0. The highest BCUT2D eigenvalue weighted by Crippen LogP contribution is 2.17. The second-order valence-electron chi connectivity index (χ2n) is 4.33. The average molecular weight is 220 g/mol. The zero-order chi connectivity index (χ0) is 11.7. The molecule has 3 aromatic rings. The number of para-hydroxylation sites is 1. The highest BCUT2D eigenvalue weighted by molar-refractivity contribution is 5.77. The Hall–Kier alpha value is -2.15. The van der Waals surface area contributed by atoms with Crippen molar-refractivity contribution in [3.05, 3.63) is 66.2 Å². The second kappa shape index (κ2) is 4.02. The Morgan fingerprint density at radius 2 is 1.53 bits per heavy atom. The van der Waals surface area contributed by atoms with Crippen molar-refractivity contribution in [1.29, 1.82) is 0 Å². The summed E-state index contributed by atoms with van der Waals surface area (Å²) in [6.45, 7) is 2.11. The number of fused-ring (bicyclic) bond motifs is 1. The third-order valence-corrected chi connectivity index (χ3v) is 3.02. The summed E-state index contributed by atoms with van der Waals surface area (Å²) in [4.78, 5) is 3.46. The molecule has 1 heterocycles. The highest BCUT2D eigenvalue weighted by atomic mass is 14.7. The van der Waals surface area contributed by atoms with Gasteiger partial charge in [0.2, 0.25) is 11.2 Å². The molecule has 0 aliphatic carbocycles. The lowest BCUT2D eigenvalue weighted by Gasteiger charge is -1.98. The molecule has 0 spiro atoms. The first-order valence-electron chi connectivity index (χ1n) is 5.81. The van der Waals surface area contributed by atoms with Crippen LogP contribution in [0.3, 0.4) is 0 Å². The maximum Gasteiger partial charge on any atom is 0.211 e. The number of H-pyrrole nitrogens is 1. The van der Waals surface area contributed by atoms with E-state index in [0.717, 1.165) is 5.69 Å². The molecule has 0 bridgehead atoms. The molecule has 0 aliphatic heterocycles. The Morgan fingerprint density at radius 3 is 2.35 bits per heavy atom. The van der Waals surface area contributed by atoms with E-state index in [-0.39, 0.29) is 0 Å². The summed E-state index contributed by atoms with van der Waals surface area (Å²) in [7, 11) is 0. The summed E-state index contributed by atoms with van der Waals surface area (Å²) in [6, 6.07) is 21.2. The van der Waals surface area contributed by atoms with Gasteiger partial charge < -0.3 is 0 Å². The minimum Gasteiger partial charge on any atom is -0.204 e. The van der Waals surface area contributed by atoms with Crippen LogP contribution in [-0.4, -0.2) is 0 Å². The van der Waals surface area contributed by atoms with Gasteiger partial charge in [0.25, 0.3) is 0 Å². The molecule has 1 aromatic heterocycles. The number of benzene rings is 2. The number of pyridine rings is 1. The van der Waals surface area contributed by atoms with E-state index in [1.54, 1.807) is 0 Å². The van der Waals surface area contributed by atoms with Crippen molar-refractivity contribution in [2.24, 2.45) is 0 Å². The monoisotopic (exact) mass is 220 g/mol. The van der Waals surface area contributed by atoms with Crippen molar-refractivity contribution < 1.29 is 4.98 Å². The van der Waals surface area contributed by atoms with Gasteiger partial charge in [-0.3, -0.25) is 0 Å². The Bertz CT molecular complexity index is 654. The number of aromatic nitrogens is 1. The molecule has 0 radical (unpaired) electrons. The van der Waals surface area contributed by atoms with Crippen molar-refractivity contribution in [3.8, 4) is 11.3 Å². The molecular formula is C16H14N+. The molecule has 0 unspecified atom stereocenters. The van der Waals surface area contributed by atoms with Crippen LogP contribution in [0.1, 0.15) is 5.56 Å². The van der Waals surface area contributed by atoms with E-state index >= 15 is 0 Å². The first-order valence-corrected chi connectivity index (χ1v) is 5.81. The summed E-state index contributed by atoms with van der Waals surface area (Å²) in [5.41, 5.74) is 4.84. The van der Waals surface area contributed by atoms with E-state index in [4.69, 9.17) is 0 Å². The molecule has 0 saturated heterocycles. The van der Waals surface area contributed by atoms with Crippen molar-refractivity contribution in [2.75, 3.05) is 0 Å². The smallest absolute Gasteiger partial charge is 0.204 e. The fourth-order valence-corrected chi connectivity index (χ4v) is 2.02. The van der Waals surface area contributed by atoms with Gasteiger partial charge in [0.1, 0.15) is 0 Å². The lowest BCUT2D eigenvalue weighted by molar-refractivity contribution is -0.330. The van der Waals surface area contributed by atoms with E-state index in [1.165, 1.54) is 22.0 Å². The van der Waals surface area contributed by atoms with Gasteiger partial charge in [-0.15, -0.1) is 0 Å². The van der Waals surface area contributed by atoms with Crippen LogP contribution in [0.2, 0.25) is 0 Å². The molecule has 82 valence electrons. The first kappa shape index (κ1) is 10.0. The van der Waals surface area contributed by atoms with E-state index in [2.05, 4.69) is 72.6 Å². The van der Waals surface area contributed by atoms with Crippen molar-refractivity contribution in [3.63, 3.8) is 0 Å². The van der Waals surface area contributed by atoms with Gasteiger partial charge in [0.15, 0.2) is 0 Å². The zero-order valence-corrected chi connectivity index (χ0v) is 9.77. The van der Waals surface area contributed by atoms with Gasteiger partial charge >= 0.3 is 0 Å². The van der Waals surface area contributed by atoms with E-state index < -0.39 is 0 Å². The molecule has 1 heteroatoms. The van der Waals surface area contributed by atoms with Gasteiger partial charge in [0, 0.05) is 23.1 Å². The van der Waals surface area contributed by atoms with Gasteiger partial charge in [-0.25, -0.2) is 4.98 Å². The van der Waals surface area contributed by atoms with E-state index in [9.17, 15) is 0 Å². The molecule has 0 amide bonds. The summed E-state index contributed by atoms with van der Waals surface area (Å²) in [5, 5.41) is 1.24. The fourth-order valence-electron chi connectivity index (χ4n) is 2.02. The van der Waals surface area contributed by atoms with Crippen LogP contribution in [0.25, 0.3) is 22.2 Å². The number of rotatable bonds is 1. The Labute approximate surface area is 101 Å². The first-order chi connectivity index (χ1) is 8.33. The van der Waals surface area contributed by atoms with Gasteiger partial charge in [-0.05, 0) is 31.2 Å². The lowest BCUT2D eigenvalue weighted by Crippen LogP contribution is -2.07. The minimum absolute atomic E-state index is 1.16. The molecule has 0 aliphatic rings. The van der Waals surface area contributed by atoms with Crippen molar-refractivity contribution in [2.45, 2.75) is 6.92 Å². The molecule has 17 heavy (non-hydrogen) atoms. The summed E-state index contributed by atoms with van der Waals surface area (Å²) in [6.07, 6.45) is 0. The molecule has 1 N–H and O–H groups in total. The summed E-state index contributed by atoms with van der Waals surface area (Å²) >= 11 is 0. The van der Waals surface area contributed by atoms with Crippen LogP contribution in [0, 0.1) is 6.92 Å². The predicted molar refractivity (Wildman–Crippen MR) is 70.7 cm³/mol. The average Bonchev–Trinajstić information content (AvgIpc) is 2.39. The van der Waals surface area contributed by atoms with Gasteiger partial charge in [-0.1, -0.05) is 29.8 Å². The van der Waals surface area contributed by atoms with Crippen LogP contribution in [0.4, 0.5) is 0 Å². The third kappa shape index (κ3) is 1.92. The molecule has 3 rings (SSSR count). The Kier molecular flexibility index (Phi) is 2.37. The highest BCUT2D eigenvalue weighted by Gasteiger charge is 2.06. The molecular weight excluding hydrogens is 206 g/mol. The molecule has 0 atom stereocenters. The third-order valence-electron chi connectivity index (χ3n) is 3.02. The van der Waals surface area contributed by atoms with E-state index in [1.807, 2.05) is 0 Å². The number of hydrogen-bond acceptors (Lipinski definition) is 0. The van der Waals surface area contributed by atoms with Crippen LogP contribution in [0.5, 0.6) is 0 Å². The second-order valence-corrected chi connectivity index (χ2v) is 4.33. The number of aromatic amines is 1. The van der Waals surface area contributed by atoms with Crippen LogP contribution >= 0.6 is 0 Å². The fraction of sp³-hybridized carbons (Fsp3) is 0.0625. The van der Waals surface area contributed by atoms with Crippen LogP contribution in [0.15, 0.2) is 60.7 Å². The SMILES string of the molecule is Cc1ccc(-c2ccc3ccccc3[nH+]2)cc1. The van der Waals surface area contributed by atoms with Crippen LogP contribution in [-0.2, 0) is 0 Å².